The summed E-state index contributed by atoms with van der Waals surface area (Å²) in [6.45, 7) is 5.32. The third-order valence-corrected chi connectivity index (χ3v) is 6.34. The van der Waals surface area contributed by atoms with Gasteiger partial charge in [0.2, 0.25) is 0 Å². The molecule has 0 aliphatic heterocycles. The van der Waals surface area contributed by atoms with Crippen molar-refractivity contribution in [3.8, 4) is 17.1 Å². The molecule has 0 amide bonds. The Kier molecular flexibility index (Phi) is 8.98. The number of aromatic nitrogens is 2. The first kappa shape index (κ1) is 21.8. The van der Waals surface area contributed by atoms with E-state index >= 15 is 0 Å². The van der Waals surface area contributed by atoms with Gasteiger partial charge in [-0.15, -0.1) is 0 Å². The molecule has 1 aromatic heterocycles. The van der Waals surface area contributed by atoms with E-state index in [-0.39, 0.29) is 0 Å². The number of rotatable bonds is 11. The Morgan fingerprint density at radius 1 is 0.828 bits per heavy atom. The molecule has 1 heterocycles. The van der Waals surface area contributed by atoms with E-state index < -0.39 is 0 Å². The molecule has 0 spiro atoms. The van der Waals surface area contributed by atoms with Gasteiger partial charge in [-0.3, -0.25) is 0 Å². The molecule has 0 N–H and O–H groups in total. The third kappa shape index (κ3) is 6.83. The zero-order valence-corrected chi connectivity index (χ0v) is 18.4. The Morgan fingerprint density at radius 3 is 2.17 bits per heavy atom. The highest BCUT2D eigenvalue weighted by Crippen LogP contribution is 2.37. The predicted octanol–water partition coefficient (Wildman–Crippen LogP) is 7.57. The van der Waals surface area contributed by atoms with Gasteiger partial charge in [-0.1, -0.05) is 52.4 Å². The molecule has 0 unspecified atom stereocenters. The van der Waals surface area contributed by atoms with E-state index in [9.17, 15) is 0 Å². The number of nitrogens with zero attached hydrogens (tertiary/aromatic N) is 2. The molecule has 1 saturated carbocycles. The van der Waals surface area contributed by atoms with E-state index in [1.54, 1.807) is 0 Å². The molecule has 0 saturated heterocycles. The summed E-state index contributed by atoms with van der Waals surface area (Å²) in [6, 6.07) is 8.19. The smallest absolute Gasteiger partial charge is 0.159 e. The van der Waals surface area contributed by atoms with Crippen LogP contribution in [0.5, 0.6) is 5.75 Å². The van der Waals surface area contributed by atoms with E-state index in [1.165, 1.54) is 69.8 Å². The van der Waals surface area contributed by atoms with Gasteiger partial charge in [0.1, 0.15) is 5.75 Å². The van der Waals surface area contributed by atoms with Crippen LogP contribution in [0.4, 0.5) is 0 Å². The van der Waals surface area contributed by atoms with Crippen LogP contribution >= 0.6 is 0 Å². The molecule has 1 aliphatic rings. The Hall–Kier alpha value is -1.90. The predicted molar refractivity (Wildman–Crippen MR) is 121 cm³/mol. The van der Waals surface area contributed by atoms with Crippen LogP contribution in [-0.2, 0) is 0 Å². The van der Waals surface area contributed by atoms with Crippen molar-refractivity contribution in [2.24, 2.45) is 5.92 Å². The lowest BCUT2D eigenvalue weighted by Crippen LogP contribution is -2.13. The fraction of sp³-hybridized carbons (Fsp3) is 0.615. The molecule has 1 fully saturated rings. The molecule has 29 heavy (non-hydrogen) atoms. The molecular weight excluding hydrogens is 356 g/mol. The van der Waals surface area contributed by atoms with Crippen LogP contribution in [0.2, 0.25) is 0 Å². The van der Waals surface area contributed by atoms with Gasteiger partial charge in [0.15, 0.2) is 5.82 Å². The van der Waals surface area contributed by atoms with E-state index in [0.717, 1.165) is 36.1 Å². The zero-order valence-electron chi connectivity index (χ0n) is 18.4. The van der Waals surface area contributed by atoms with Crippen molar-refractivity contribution in [3.63, 3.8) is 0 Å². The number of ether oxygens (including phenoxy) is 1. The van der Waals surface area contributed by atoms with E-state index in [1.807, 2.05) is 12.1 Å². The third-order valence-electron chi connectivity index (χ3n) is 6.34. The summed E-state index contributed by atoms with van der Waals surface area (Å²) in [5, 5.41) is 0. The first-order valence-corrected chi connectivity index (χ1v) is 11.8. The van der Waals surface area contributed by atoms with Crippen molar-refractivity contribution in [2.45, 2.75) is 90.4 Å². The second-order valence-electron chi connectivity index (χ2n) is 8.63. The van der Waals surface area contributed by atoms with Gasteiger partial charge in [-0.05, 0) is 73.8 Å². The standard InChI is InChI=1S/C26H38N2O/c1-3-5-7-8-18-29-25-16-14-23(15-17-25)26-27-19-24(20-28-26)22-12-10-21(11-13-22)9-6-4-2/h14-17,19-22H,3-13,18H2,1-2H3/t21-,22-. The first-order chi connectivity index (χ1) is 14.3. The molecule has 0 radical (unpaired) electrons. The van der Waals surface area contributed by atoms with Crippen molar-refractivity contribution in [3.05, 3.63) is 42.2 Å². The molecule has 3 rings (SSSR count). The summed E-state index contributed by atoms with van der Waals surface area (Å²) in [5.74, 6) is 3.32. The van der Waals surface area contributed by atoms with Gasteiger partial charge in [0, 0.05) is 18.0 Å². The van der Waals surface area contributed by atoms with Gasteiger partial charge in [-0.25, -0.2) is 9.97 Å². The van der Waals surface area contributed by atoms with E-state index in [4.69, 9.17) is 4.74 Å². The molecule has 3 nitrogen and oxygen atoms in total. The highest BCUT2D eigenvalue weighted by molar-refractivity contribution is 5.56. The molecule has 1 aromatic carbocycles. The van der Waals surface area contributed by atoms with Crippen molar-refractivity contribution in [2.75, 3.05) is 6.61 Å². The fourth-order valence-corrected chi connectivity index (χ4v) is 4.39. The number of hydrogen-bond donors (Lipinski definition) is 0. The molecule has 158 valence electrons. The van der Waals surface area contributed by atoms with Crippen LogP contribution in [-0.4, -0.2) is 16.6 Å². The molecule has 0 bridgehead atoms. The van der Waals surface area contributed by atoms with Crippen LogP contribution in [0.1, 0.15) is 96.0 Å². The summed E-state index contributed by atoms with van der Waals surface area (Å²) >= 11 is 0. The lowest BCUT2D eigenvalue weighted by atomic mass is 9.78. The second-order valence-corrected chi connectivity index (χ2v) is 8.63. The SMILES string of the molecule is CCCCCCOc1ccc(-c2ncc([C@H]3CC[C@H](CCCC)CC3)cn2)cc1. The van der Waals surface area contributed by atoms with Crippen LogP contribution in [0.25, 0.3) is 11.4 Å². The normalized spacial score (nSPS) is 19.2. The van der Waals surface area contributed by atoms with Crippen molar-refractivity contribution in [1.29, 1.82) is 0 Å². The number of benzene rings is 1. The molecule has 2 aromatic rings. The average Bonchev–Trinajstić information content (AvgIpc) is 2.78. The highest BCUT2D eigenvalue weighted by Gasteiger charge is 2.22. The second kappa shape index (κ2) is 11.9. The minimum absolute atomic E-state index is 0.644. The maximum atomic E-state index is 5.83. The first-order valence-electron chi connectivity index (χ1n) is 11.8. The summed E-state index contributed by atoms with van der Waals surface area (Å²) in [7, 11) is 0. The van der Waals surface area contributed by atoms with Gasteiger partial charge < -0.3 is 4.74 Å². The largest absolute Gasteiger partial charge is 0.494 e. The highest BCUT2D eigenvalue weighted by atomic mass is 16.5. The Labute approximate surface area is 177 Å². The summed E-state index contributed by atoms with van der Waals surface area (Å²) < 4.78 is 5.83. The molecular formula is C26H38N2O. The van der Waals surface area contributed by atoms with Crippen LogP contribution in [0, 0.1) is 5.92 Å². The van der Waals surface area contributed by atoms with E-state index in [0.29, 0.717) is 5.92 Å². The van der Waals surface area contributed by atoms with Crippen molar-refractivity contribution < 1.29 is 4.74 Å². The summed E-state index contributed by atoms with van der Waals surface area (Å²) in [4.78, 5) is 9.33. The minimum Gasteiger partial charge on any atom is -0.494 e. The molecule has 3 heteroatoms. The van der Waals surface area contributed by atoms with Crippen molar-refractivity contribution >= 4 is 0 Å². The van der Waals surface area contributed by atoms with E-state index in [2.05, 4.69) is 48.3 Å². The quantitative estimate of drug-likeness (QED) is 0.369. The number of unbranched alkanes of at least 4 members (excludes halogenated alkanes) is 4. The summed E-state index contributed by atoms with van der Waals surface area (Å²) in [5.41, 5.74) is 2.37. The van der Waals surface area contributed by atoms with Gasteiger partial charge in [0.05, 0.1) is 6.61 Å². The maximum absolute atomic E-state index is 5.83. The van der Waals surface area contributed by atoms with Gasteiger partial charge >= 0.3 is 0 Å². The Bertz CT molecular complexity index is 688. The van der Waals surface area contributed by atoms with Crippen molar-refractivity contribution in [1.82, 2.24) is 9.97 Å². The monoisotopic (exact) mass is 394 g/mol. The topological polar surface area (TPSA) is 35.0 Å². The lowest BCUT2D eigenvalue weighted by Gasteiger charge is -2.28. The van der Waals surface area contributed by atoms with Crippen LogP contribution < -0.4 is 4.74 Å². The maximum Gasteiger partial charge on any atom is 0.159 e. The van der Waals surface area contributed by atoms with Crippen LogP contribution in [0.15, 0.2) is 36.7 Å². The Morgan fingerprint density at radius 2 is 1.52 bits per heavy atom. The lowest BCUT2D eigenvalue weighted by molar-refractivity contribution is 0.304. The van der Waals surface area contributed by atoms with Gasteiger partial charge in [-0.2, -0.15) is 0 Å². The average molecular weight is 395 g/mol. The zero-order chi connectivity index (χ0) is 20.3. The number of hydrogen-bond acceptors (Lipinski definition) is 3. The minimum atomic E-state index is 0.644. The Balaban J connectivity index is 1.48. The fourth-order valence-electron chi connectivity index (χ4n) is 4.39. The van der Waals surface area contributed by atoms with Crippen LogP contribution in [0.3, 0.4) is 0 Å². The molecule has 1 aliphatic carbocycles. The van der Waals surface area contributed by atoms with Gasteiger partial charge in [0.25, 0.3) is 0 Å². The summed E-state index contributed by atoms with van der Waals surface area (Å²) in [6.07, 6.45) is 18.5. The molecule has 0 atom stereocenters.